The summed E-state index contributed by atoms with van der Waals surface area (Å²) >= 11 is -1.90. The molecule has 0 aromatic carbocycles. The lowest BCUT2D eigenvalue weighted by Gasteiger charge is -2.01. The second-order valence-corrected chi connectivity index (χ2v) is 2.37. The zero-order valence-corrected chi connectivity index (χ0v) is 5.57. The predicted molar refractivity (Wildman–Crippen MR) is 30.3 cm³/mol. The number of hydrogen-bond donors (Lipinski definition) is 0. The van der Waals surface area contributed by atoms with Gasteiger partial charge in [-0.2, -0.15) is 0 Å². The summed E-state index contributed by atoms with van der Waals surface area (Å²) in [6.07, 6.45) is 0.590. The summed E-state index contributed by atoms with van der Waals surface area (Å²) in [4.78, 5) is 0. The Morgan fingerprint density at radius 2 is 2.38 bits per heavy atom. The molecule has 50 valence electrons. The Kier molecular flexibility index (Phi) is 5.26. The van der Waals surface area contributed by atoms with Crippen molar-refractivity contribution < 1.29 is 13.5 Å². The minimum Gasteiger partial charge on any atom is -0.772 e. The summed E-state index contributed by atoms with van der Waals surface area (Å²) in [5, 5.41) is 0. The predicted octanol–water partition coefficient (Wildman–Crippen LogP) is -0.0980. The van der Waals surface area contributed by atoms with Crippen LogP contribution in [0, 0.1) is 0 Å². The molecule has 0 aliphatic carbocycles. The molecule has 0 N–H and O–H groups in total. The van der Waals surface area contributed by atoms with Crippen molar-refractivity contribution in [3.05, 3.63) is 0 Å². The number of ether oxygens (including phenoxy) is 1. The van der Waals surface area contributed by atoms with Gasteiger partial charge in [-0.3, -0.25) is 4.21 Å². The van der Waals surface area contributed by atoms with Crippen LogP contribution < -0.4 is 0 Å². The second-order valence-electron chi connectivity index (χ2n) is 1.35. The summed E-state index contributed by atoms with van der Waals surface area (Å²) in [5.74, 6) is 0.202. The van der Waals surface area contributed by atoms with E-state index in [1.165, 1.54) is 0 Å². The van der Waals surface area contributed by atoms with Crippen molar-refractivity contribution in [2.45, 2.75) is 6.42 Å². The van der Waals surface area contributed by atoms with E-state index < -0.39 is 11.1 Å². The lowest BCUT2D eigenvalue weighted by molar-refractivity contribution is 0.199. The number of rotatable bonds is 4. The van der Waals surface area contributed by atoms with Gasteiger partial charge in [-0.05, 0) is 6.42 Å². The first kappa shape index (κ1) is 8.07. The summed E-state index contributed by atoms with van der Waals surface area (Å²) < 4.78 is 24.3. The molecule has 0 aliphatic heterocycles. The number of hydrogen-bond acceptors (Lipinski definition) is 3. The van der Waals surface area contributed by atoms with E-state index in [2.05, 4.69) is 4.74 Å². The van der Waals surface area contributed by atoms with E-state index in [9.17, 15) is 8.76 Å². The van der Waals surface area contributed by atoms with E-state index in [0.29, 0.717) is 13.0 Å². The van der Waals surface area contributed by atoms with Crippen molar-refractivity contribution in [2.24, 2.45) is 0 Å². The highest BCUT2D eigenvalue weighted by molar-refractivity contribution is 7.79. The van der Waals surface area contributed by atoms with Gasteiger partial charge < -0.3 is 9.29 Å². The molecule has 0 heterocycles. The van der Waals surface area contributed by atoms with E-state index in [1.54, 1.807) is 7.11 Å². The maximum absolute atomic E-state index is 9.82. The van der Waals surface area contributed by atoms with Gasteiger partial charge in [0, 0.05) is 19.5 Å². The lowest BCUT2D eigenvalue weighted by atomic mass is 10.5. The highest BCUT2D eigenvalue weighted by Gasteiger charge is 1.83. The fourth-order valence-corrected chi connectivity index (χ4v) is 0.675. The fourth-order valence-electron chi connectivity index (χ4n) is 0.321. The van der Waals surface area contributed by atoms with Crippen LogP contribution in [0.5, 0.6) is 0 Å². The molecule has 0 aromatic heterocycles. The molecule has 8 heavy (non-hydrogen) atoms. The maximum atomic E-state index is 9.82. The third-order valence-electron chi connectivity index (χ3n) is 0.659. The van der Waals surface area contributed by atoms with Crippen LogP contribution >= 0.6 is 0 Å². The fraction of sp³-hybridized carbons (Fsp3) is 1.00. The monoisotopic (exact) mass is 137 g/mol. The Labute approximate surface area is 51.3 Å². The highest BCUT2D eigenvalue weighted by atomic mass is 32.2. The van der Waals surface area contributed by atoms with Crippen LogP contribution in [-0.4, -0.2) is 28.2 Å². The molecule has 0 aliphatic rings. The molecule has 0 amide bonds. The molecule has 3 nitrogen and oxygen atoms in total. The SMILES string of the molecule is COCCCS(=O)[O-]. The van der Waals surface area contributed by atoms with Crippen LogP contribution in [0.3, 0.4) is 0 Å². The van der Waals surface area contributed by atoms with Gasteiger partial charge in [-0.15, -0.1) is 0 Å². The largest absolute Gasteiger partial charge is 0.772 e. The first-order valence-electron chi connectivity index (χ1n) is 2.32. The normalized spacial score (nSPS) is 13.8. The summed E-state index contributed by atoms with van der Waals surface area (Å²) in [6, 6.07) is 0. The first-order valence-corrected chi connectivity index (χ1v) is 3.56. The zero-order chi connectivity index (χ0) is 6.41. The van der Waals surface area contributed by atoms with Crippen molar-refractivity contribution in [1.29, 1.82) is 0 Å². The van der Waals surface area contributed by atoms with Gasteiger partial charge in [0.15, 0.2) is 0 Å². The minimum absolute atomic E-state index is 0.202. The Hall–Kier alpha value is 0.0700. The summed E-state index contributed by atoms with van der Waals surface area (Å²) in [6.45, 7) is 0.522. The highest BCUT2D eigenvalue weighted by Crippen LogP contribution is 1.82. The molecule has 0 saturated heterocycles. The average molecular weight is 137 g/mol. The lowest BCUT2D eigenvalue weighted by Crippen LogP contribution is -1.98. The third-order valence-corrected chi connectivity index (χ3v) is 1.28. The average Bonchev–Trinajstić information content (AvgIpc) is 1.66. The number of methoxy groups -OCH3 is 1. The molecular formula is C4H9O3S-. The molecule has 0 bridgehead atoms. The third kappa shape index (κ3) is 6.07. The van der Waals surface area contributed by atoms with Gasteiger partial charge in [0.25, 0.3) is 0 Å². The van der Waals surface area contributed by atoms with Crippen LogP contribution in [0.4, 0.5) is 0 Å². The van der Waals surface area contributed by atoms with Gasteiger partial charge in [-0.25, -0.2) is 0 Å². The van der Waals surface area contributed by atoms with Crippen LogP contribution in [0.1, 0.15) is 6.42 Å². The smallest absolute Gasteiger partial charge is 0.0470 e. The van der Waals surface area contributed by atoms with Crippen molar-refractivity contribution in [3.63, 3.8) is 0 Å². The van der Waals surface area contributed by atoms with Gasteiger partial charge in [0.1, 0.15) is 0 Å². The van der Waals surface area contributed by atoms with Crippen LogP contribution in [0.15, 0.2) is 0 Å². The summed E-state index contributed by atoms with van der Waals surface area (Å²) in [5.41, 5.74) is 0. The Morgan fingerprint density at radius 3 is 2.75 bits per heavy atom. The molecule has 0 rings (SSSR count). The van der Waals surface area contributed by atoms with Crippen molar-refractivity contribution in [1.82, 2.24) is 0 Å². The topological polar surface area (TPSA) is 49.4 Å². The molecule has 0 saturated carbocycles. The van der Waals surface area contributed by atoms with E-state index in [0.717, 1.165) is 0 Å². The van der Waals surface area contributed by atoms with Gasteiger partial charge >= 0.3 is 0 Å². The molecule has 4 heteroatoms. The van der Waals surface area contributed by atoms with Gasteiger partial charge in [0.05, 0.1) is 0 Å². The molecule has 0 aromatic rings. The molecular weight excluding hydrogens is 128 g/mol. The first-order chi connectivity index (χ1) is 3.77. The zero-order valence-electron chi connectivity index (χ0n) is 4.75. The standard InChI is InChI=1S/C4H10O3S/c1-7-3-2-4-8(5)6/h2-4H2,1H3,(H,5,6)/p-1. The molecule has 0 spiro atoms. The molecule has 0 fully saturated rings. The Balaban J connectivity index is 2.82. The van der Waals surface area contributed by atoms with Crippen LogP contribution in [0.25, 0.3) is 0 Å². The van der Waals surface area contributed by atoms with Crippen LogP contribution in [0.2, 0.25) is 0 Å². The quantitative estimate of drug-likeness (QED) is 0.401. The van der Waals surface area contributed by atoms with E-state index in [4.69, 9.17) is 0 Å². The van der Waals surface area contributed by atoms with Crippen LogP contribution in [-0.2, 0) is 15.8 Å². The maximum Gasteiger partial charge on any atom is 0.0470 e. The molecule has 0 radical (unpaired) electrons. The van der Waals surface area contributed by atoms with Crippen molar-refractivity contribution in [2.75, 3.05) is 19.5 Å². The van der Waals surface area contributed by atoms with Gasteiger partial charge in [-0.1, -0.05) is 11.1 Å². The second kappa shape index (κ2) is 5.21. The Bertz CT molecular complexity index is 73.7. The molecule has 1 unspecified atom stereocenters. The van der Waals surface area contributed by atoms with Crippen molar-refractivity contribution in [3.8, 4) is 0 Å². The van der Waals surface area contributed by atoms with E-state index in [1.807, 2.05) is 0 Å². The molecule has 1 atom stereocenters. The van der Waals surface area contributed by atoms with Crippen molar-refractivity contribution >= 4 is 11.1 Å². The van der Waals surface area contributed by atoms with Gasteiger partial charge in [0.2, 0.25) is 0 Å². The Morgan fingerprint density at radius 1 is 1.75 bits per heavy atom. The minimum atomic E-state index is -1.90. The van der Waals surface area contributed by atoms with E-state index in [-0.39, 0.29) is 5.75 Å². The summed E-state index contributed by atoms with van der Waals surface area (Å²) in [7, 11) is 1.55. The van der Waals surface area contributed by atoms with E-state index >= 15 is 0 Å².